The number of hydrogen-bond acceptors (Lipinski definition) is 0. The van der Waals surface area contributed by atoms with Crippen LogP contribution in [0.25, 0.3) is 11.1 Å². The first-order valence-electron chi connectivity index (χ1n) is 13.2. The van der Waals surface area contributed by atoms with Crippen molar-refractivity contribution in [2.45, 2.75) is 109 Å². The van der Waals surface area contributed by atoms with Crippen molar-refractivity contribution in [3.8, 4) is 11.1 Å². The van der Waals surface area contributed by atoms with E-state index in [1.165, 1.54) is 60.8 Å². The number of rotatable bonds is 11. The molecule has 2 aromatic rings. The number of hydrogen-bond donors (Lipinski definition) is 0. The monoisotopic (exact) mass is 442 g/mol. The Balaban J connectivity index is 2.27. The zero-order valence-electron chi connectivity index (χ0n) is 22.2. The molecular formula is C33H46. The average Bonchev–Trinajstić information content (AvgIpc) is 3.07. The van der Waals surface area contributed by atoms with Crippen LogP contribution in [0.5, 0.6) is 0 Å². The van der Waals surface area contributed by atoms with Crippen LogP contribution >= 0.6 is 0 Å². The zero-order valence-corrected chi connectivity index (χ0v) is 22.2. The van der Waals surface area contributed by atoms with E-state index in [0.717, 1.165) is 12.8 Å². The van der Waals surface area contributed by atoms with Crippen molar-refractivity contribution >= 4 is 0 Å². The maximum Gasteiger partial charge on any atom is 0.0215 e. The van der Waals surface area contributed by atoms with Gasteiger partial charge in [-0.15, -0.1) is 13.2 Å². The van der Waals surface area contributed by atoms with Gasteiger partial charge in [0.25, 0.3) is 0 Å². The zero-order chi connectivity index (χ0) is 24.3. The summed E-state index contributed by atoms with van der Waals surface area (Å²) in [5.74, 6) is 0. The van der Waals surface area contributed by atoms with E-state index in [2.05, 4.69) is 103 Å². The Morgan fingerprint density at radius 1 is 0.727 bits per heavy atom. The fourth-order valence-corrected chi connectivity index (χ4v) is 5.76. The van der Waals surface area contributed by atoms with Gasteiger partial charge in [-0.05, 0) is 95.6 Å². The van der Waals surface area contributed by atoms with Gasteiger partial charge in [0.2, 0.25) is 0 Å². The van der Waals surface area contributed by atoms with Gasteiger partial charge in [-0.3, -0.25) is 0 Å². The number of fused-ring (bicyclic) bond motifs is 3. The van der Waals surface area contributed by atoms with Crippen LogP contribution in [-0.4, -0.2) is 0 Å². The summed E-state index contributed by atoms with van der Waals surface area (Å²) in [6.07, 6.45) is 13.4. The van der Waals surface area contributed by atoms with Crippen molar-refractivity contribution in [3.05, 3.63) is 84.0 Å². The number of unbranched alkanes of at least 4 members (excludes halogenated alkanes) is 2. The Hall–Kier alpha value is -2.08. The van der Waals surface area contributed by atoms with E-state index in [1.54, 1.807) is 11.1 Å². The summed E-state index contributed by atoms with van der Waals surface area (Å²) in [4.78, 5) is 0. The predicted octanol–water partition coefficient (Wildman–Crippen LogP) is 10.0. The van der Waals surface area contributed by atoms with Gasteiger partial charge >= 0.3 is 0 Å². The Morgan fingerprint density at radius 3 is 1.61 bits per heavy atom. The topological polar surface area (TPSA) is 0 Å². The van der Waals surface area contributed by atoms with Crippen molar-refractivity contribution in [1.82, 2.24) is 0 Å². The van der Waals surface area contributed by atoms with Crippen molar-refractivity contribution in [2.75, 3.05) is 0 Å². The Kier molecular flexibility index (Phi) is 7.77. The highest BCUT2D eigenvalue weighted by atomic mass is 14.5. The average molecular weight is 443 g/mol. The minimum absolute atomic E-state index is 0.0797. The molecule has 33 heavy (non-hydrogen) atoms. The van der Waals surface area contributed by atoms with Crippen molar-refractivity contribution in [3.63, 3.8) is 0 Å². The Morgan fingerprint density at radius 2 is 1.18 bits per heavy atom. The third-order valence-electron chi connectivity index (χ3n) is 8.51. The van der Waals surface area contributed by atoms with Gasteiger partial charge < -0.3 is 0 Å². The number of benzene rings is 2. The van der Waals surface area contributed by atoms with Crippen LogP contribution in [0.15, 0.2) is 61.7 Å². The lowest BCUT2D eigenvalue weighted by atomic mass is 9.68. The van der Waals surface area contributed by atoms with Crippen LogP contribution in [0.2, 0.25) is 0 Å². The van der Waals surface area contributed by atoms with Crippen LogP contribution in [0.1, 0.15) is 115 Å². The second kappa shape index (κ2) is 10.0. The second-order valence-electron chi connectivity index (χ2n) is 11.5. The molecule has 0 radical (unpaired) electrons. The minimum Gasteiger partial charge on any atom is -0.103 e. The molecule has 0 heterocycles. The van der Waals surface area contributed by atoms with Crippen LogP contribution in [-0.2, 0) is 16.2 Å². The summed E-state index contributed by atoms with van der Waals surface area (Å²) in [6, 6.07) is 14.8. The third-order valence-corrected chi connectivity index (χ3v) is 8.51. The molecule has 0 aliphatic heterocycles. The van der Waals surface area contributed by atoms with Crippen LogP contribution in [0.4, 0.5) is 0 Å². The molecule has 178 valence electrons. The van der Waals surface area contributed by atoms with Crippen LogP contribution in [0.3, 0.4) is 0 Å². The van der Waals surface area contributed by atoms with Gasteiger partial charge in [-0.25, -0.2) is 0 Å². The highest BCUT2D eigenvalue weighted by molar-refractivity contribution is 5.82. The summed E-state index contributed by atoms with van der Waals surface area (Å²) in [5, 5.41) is 0. The third kappa shape index (κ3) is 4.77. The van der Waals surface area contributed by atoms with E-state index < -0.39 is 0 Å². The highest BCUT2D eigenvalue weighted by Crippen LogP contribution is 2.55. The predicted molar refractivity (Wildman–Crippen MR) is 147 cm³/mol. The highest BCUT2D eigenvalue weighted by Gasteiger charge is 2.43. The molecule has 1 aliphatic rings. The lowest BCUT2D eigenvalue weighted by molar-refractivity contribution is 0.414. The lowest BCUT2D eigenvalue weighted by Gasteiger charge is -2.35. The molecule has 1 aliphatic carbocycles. The molecule has 0 spiro atoms. The molecular weight excluding hydrogens is 396 g/mol. The normalized spacial score (nSPS) is 14.6. The van der Waals surface area contributed by atoms with E-state index in [0.29, 0.717) is 0 Å². The molecule has 0 amide bonds. The van der Waals surface area contributed by atoms with E-state index >= 15 is 0 Å². The molecule has 3 rings (SSSR count). The van der Waals surface area contributed by atoms with E-state index in [1.807, 2.05) is 0 Å². The molecule has 0 fully saturated rings. The first kappa shape index (κ1) is 25.5. The molecule has 2 aromatic carbocycles. The fourth-order valence-electron chi connectivity index (χ4n) is 5.76. The maximum atomic E-state index is 4.01. The summed E-state index contributed by atoms with van der Waals surface area (Å²) in [6.45, 7) is 22.1. The van der Waals surface area contributed by atoms with Gasteiger partial charge in [0, 0.05) is 5.41 Å². The Bertz CT molecular complexity index is 964. The van der Waals surface area contributed by atoms with Crippen molar-refractivity contribution in [2.24, 2.45) is 0 Å². The molecule has 0 nitrogen and oxygen atoms in total. The largest absolute Gasteiger partial charge is 0.103 e. The molecule has 0 saturated carbocycles. The van der Waals surface area contributed by atoms with Crippen LogP contribution in [0, 0.1) is 0 Å². The summed E-state index contributed by atoms with van der Waals surface area (Å²) in [5.41, 5.74) is 9.45. The molecule has 0 unspecified atom stereocenters. The summed E-state index contributed by atoms with van der Waals surface area (Å²) in [7, 11) is 0. The van der Waals surface area contributed by atoms with Gasteiger partial charge in [0.05, 0.1) is 0 Å². The Labute approximate surface area is 204 Å². The SMILES string of the molecule is C=CCCCC1(CCCC=C)c2cc(C(C)(C)C)ccc2-c2ccc(C(C)(CC)CC)cc21. The van der Waals surface area contributed by atoms with Gasteiger partial charge in [0.1, 0.15) is 0 Å². The first-order chi connectivity index (χ1) is 15.7. The first-order valence-corrected chi connectivity index (χ1v) is 13.2. The fraction of sp³-hybridized carbons (Fsp3) is 0.515. The van der Waals surface area contributed by atoms with E-state index in [4.69, 9.17) is 0 Å². The smallest absolute Gasteiger partial charge is 0.0215 e. The van der Waals surface area contributed by atoms with E-state index in [-0.39, 0.29) is 16.2 Å². The maximum absolute atomic E-state index is 4.01. The molecule has 0 heteroatoms. The van der Waals surface area contributed by atoms with Crippen molar-refractivity contribution in [1.29, 1.82) is 0 Å². The molecule has 0 bridgehead atoms. The van der Waals surface area contributed by atoms with Crippen LogP contribution < -0.4 is 0 Å². The summed E-state index contributed by atoms with van der Waals surface area (Å²) < 4.78 is 0. The minimum atomic E-state index is 0.0797. The standard InChI is InChI=1S/C33H46/c1-9-13-15-21-33(22-16-14-10-2)29-23-25(31(5,6)7)17-19-27(29)28-20-18-26(24-30(28)33)32(8,11-3)12-4/h9-10,17-20,23-24H,1-2,11-16,21-22H2,3-8H3. The van der Waals surface area contributed by atoms with Gasteiger partial charge in [-0.1, -0.05) is 90.1 Å². The number of allylic oxidation sites excluding steroid dienone is 2. The summed E-state index contributed by atoms with van der Waals surface area (Å²) >= 11 is 0. The van der Waals surface area contributed by atoms with Gasteiger partial charge in [-0.2, -0.15) is 0 Å². The van der Waals surface area contributed by atoms with Crippen molar-refractivity contribution < 1.29 is 0 Å². The molecule has 0 atom stereocenters. The molecule has 0 aromatic heterocycles. The van der Waals surface area contributed by atoms with E-state index in [9.17, 15) is 0 Å². The van der Waals surface area contributed by atoms with Gasteiger partial charge in [0.15, 0.2) is 0 Å². The molecule has 0 N–H and O–H groups in total. The lowest BCUT2D eigenvalue weighted by Crippen LogP contribution is -2.27. The second-order valence-corrected chi connectivity index (χ2v) is 11.5. The quantitative estimate of drug-likeness (QED) is 0.240. The molecule has 0 saturated heterocycles.